The van der Waals surface area contributed by atoms with Crippen LogP contribution in [0.3, 0.4) is 0 Å². The van der Waals surface area contributed by atoms with Crippen molar-refractivity contribution in [3.63, 3.8) is 0 Å². The van der Waals surface area contributed by atoms with Gasteiger partial charge in [-0.15, -0.1) is 11.3 Å². The number of carbonyl (C=O) groups excluding carboxylic acids is 3. The van der Waals surface area contributed by atoms with E-state index >= 15 is 0 Å². The number of carbonyl (C=O) groups is 3. The zero-order valence-electron chi connectivity index (χ0n) is 26.1. The highest BCUT2D eigenvalue weighted by atomic mass is 32.1. The second-order valence-electron chi connectivity index (χ2n) is 12.1. The van der Waals surface area contributed by atoms with Crippen molar-refractivity contribution >= 4 is 29.4 Å². The molecule has 1 fully saturated rings. The van der Waals surface area contributed by atoms with Gasteiger partial charge in [0.25, 0.3) is 5.91 Å². The SMILES string of the molecule is CNC(=O)CCC(C=O)N1Cc2c(csc2COc2ccc(CN(C)CCCCCCCNC3CCCCC3)cc2)C1=O. The fraction of sp³-hybridized carbons (Fsp3) is 0.618. The molecule has 2 amide bonds. The second kappa shape index (κ2) is 17.5. The molecule has 1 saturated carbocycles. The van der Waals surface area contributed by atoms with Crippen LogP contribution in [0.5, 0.6) is 5.75 Å². The quantitative estimate of drug-likeness (QED) is 0.157. The monoisotopic (exact) mass is 610 g/mol. The van der Waals surface area contributed by atoms with Gasteiger partial charge in [-0.05, 0) is 69.9 Å². The van der Waals surface area contributed by atoms with Crippen LogP contribution in [-0.2, 0) is 29.3 Å². The van der Waals surface area contributed by atoms with E-state index in [-0.39, 0.29) is 18.2 Å². The van der Waals surface area contributed by atoms with Gasteiger partial charge >= 0.3 is 0 Å². The largest absolute Gasteiger partial charge is 0.488 e. The number of ether oxygens (including phenoxy) is 1. The lowest BCUT2D eigenvalue weighted by atomic mass is 9.95. The van der Waals surface area contributed by atoms with E-state index in [1.54, 1.807) is 11.9 Å². The number of hydrogen-bond donors (Lipinski definition) is 2. The molecule has 9 heteroatoms. The van der Waals surface area contributed by atoms with E-state index in [1.807, 2.05) is 17.5 Å². The van der Waals surface area contributed by atoms with Gasteiger partial charge in [0.15, 0.2) is 0 Å². The fourth-order valence-corrected chi connectivity index (χ4v) is 7.09. The Hall–Kier alpha value is -2.75. The lowest BCUT2D eigenvalue weighted by Crippen LogP contribution is -2.37. The van der Waals surface area contributed by atoms with Gasteiger partial charge in [0.05, 0.1) is 11.6 Å². The molecule has 1 aliphatic heterocycles. The van der Waals surface area contributed by atoms with E-state index in [0.29, 0.717) is 25.1 Å². The number of thiophene rings is 1. The van der Waals surface area contributed by atoms with E-state index < -0.39 is 6.04 Å². The zero-order chi connectivity index (χ0) is 30.4. The number of hydrogen-bond acceptors (Lipinski definition) is 7. The maximum Gasteiger partial charge on any atom is 0.255 e. The Morgan fingerprint density at radius 3 is 2.60 bits per heavy atom. The van der Waals surface area contributed by atoms with Crippen molar-refractivity contribution in [2.45, 2.75) is 109 Å². The van der Waals surface area contributed by atoms with Crippen molar-refractivity contribution in [3.8, 4) is 5.75 Å². The molecule has 0 bridgehead atoms. The molecular formula is C34H50N4O4S. The number of benzene rings is 1. The molecule has 1 unspecified atom stereocenters. The van der Waals surface area contributed by atoms with Crippen LogP contribution in [0, 0.1) is 0 Å². The third kappa shape index (κ3) is 10.2. The highest BCUT2D eigenvalue weighted by molar-refractivity contribution is 7.10. The van der Waals surface area contributed by atoms with Gasteiger partial charge in [-0.25, -0.2) is 0 Å². The average Bonchev–Trinajstić information content (AvgIpc) is 3.58. The molecule has 2 N–H and O–H groups in total. The molecule has 2 heterocycles. The Morgan fingerprint density at radius 1 is 1.12 bits per heavy atom. The Balaban J connectivity index is 1.12. The first-order valence-electron chi connectivity index (χ1n) is 16.2. The van der Waals surface area contributed by atoms with Crippen molar-refractivity contribution in [3.05, 3.63) is 51.2 Å². The van der Waals surface area contributed by atoms with Crippen molar-refractivity contribution in [1.82, 2.24) is 20.4 Å². The van der Waals surface area contributed by atoms with Gasteiger partial charge in [-0.3, -0.25) is 9.59 Å². The summed E-state index contributed by atoms with van der Waals surface area (Å²) in [5, 5.41) is 8.16. The topological polar surface area (TPSA) is 91.0 Å². The van der Waals surface area contributed by atoms with Crippen LogP contribution in [0.4, 0.5) is 0 Å². The molecule has 8 nitrogen and oxygen atoms in total. The Bertz CT molecular complexity index is 1160. The van der Waals surface area contributed by atoms with Crippen molar-refractivity contribution in [1.29, 1.82) is 0 Å². The van der Waals surface area contributed by atoms with E-state index in [9.17, 15) is 14.4 Å². The number of fused-ring (bicyclic) bond motifs is 1. The highest BCUT2D eigenvalue weighted by Gasteiger charge is 2.35. The standard InChI is InChI=1S/C34H50N4O4S/c1-35-33(40)18-15-28(23-39)38-22-30-31(34(38)41)25-43-32(30)24-42-29-16-13-26(14-17-29)21-37(2)20-10-5-3-4-9-19-36-27-11-7-6-8-12-27/h13-14,16-17,23,25,27-28,36H,3-12,15,18-22,24H2,1-2H3,(H,35,40). The van der Waals surface area contributed by atoms with Crippen LogP contribution >= 0.6 is 11.3 Å². The maximum atomic E-state index is 12.9. The van der Waals surface area contributed by atoms with Crippen LogP contribution < -0.4 is 15.4 Å². The van der Waals surface area contributed by atoms with E-state index in [2.05, 4.69) is 34.7 Å². The minimum atomic E-state index is -0.611. The molecule has 2 aromatic rings. The number of unbranched alkanes of at least 4 members (excludes halogenated alkanes) is 4. The Kier molecular flexibility index (Phi) is 13.5. The van der Waals surface area contributed by atoms with Crippen molar-refractivity contribution in [2.24, 2.45) is 0 Å². The summed E-state index contributed by atoms with van der Waals surface area (Å²) in [6.07, 6.45) is 14.7. The predicted molar refractivity (Wildman–Crippen MR) is 172 cm³/mol. The van der Waals surface area contributed by atoms with Crippen molar-refractivity contribution in [2.75, 3.05) is 27.2 Å². The summed E-state index contributed by atoms with van der Waals surface area (Å²) in [5.74, 6) is 0.504. The number of amides is 2. The van der Waals surface area contributed by atoms with Gasteiger partial charge in [0.1, 0.15) is 18.6 Å². The van der Waals surface area contributed by atoms with Crippen LogP contribution in [0.25, 0.3) is 0 Å². The smallest absolute Gasteiger partial charge is 0.255 e. The summed E-state index contributed by atoms with van der Waals surface area (Å²) in [4.78, 5) is 41.2. The predicted octanol–water partition coefficient (Wildman–Crippen LogP) is 5.68. The molecule has 43 heavy (non-hydrogen) atoms. The van der Waals surface area contributed by atoms with E-state index in [0.717, 1.165) is 41.6 Å². The molecule has 0 radical (unpaired) electrons. The van der Waals surface area contributed by atoms with Gasteiger partial charge in [-0.2, -0.15) is 0 Å². The van der Waals surface area contributed by atoms with Gasteiger partial charge in [0, 0.05) is 48.4 Å². The molecule has 1 aromatic heterocycles. The summed E-state index contributed by atoms with van der Waals surface area (Å²) >= 11 is 1.52. The van der Waals surface area contributed by atoms with Crippen LogP contribution in [0.2, 0.25) is 0 Å². The second-order valence-corrected chi connectivity index (χ2v) is 13.1. The Morgan fingerprint density at radius 2 is 1.86 bits per heavy atom. The zero-order valence-corrected chi connectivity index (χ0v) is 26.9. The first kappa shape index (κ1) is 33.1. The highest BCUT2D eigenvalue weighted by Crippen LogP contribution is 2.33. The molecule has 1 aliphatic carbocycles. The van der Waals surface area contributed by atoms with E-state index in [1.165, 1.54) is 87.7 Å². The first-order chi connectivity index (χ1) is 21.0. The minimum absolute atomic E-state index is 0.141. The normalized spacial score (nSPS) is 16.0. The summed E-state index contributed by atoms with van der Waals surface area (Å²) < 4.78 is 6.08. The lowest BCUT2D eigenvalue weighted by Gasteiger charge is -2.23. The summed E-state index contributed by atoms with van der Waals surface area (Å²) in [6, 6.07) is 8.43. The molecule has 236 valence electrons. The number of rotatable bonds is 19. The molecule has 1 aromatic carbocycles. The van der Waals surface area contributed by atoms with Gasteiger partial charge < -0.3 is 30.0 Å². The van der Waals surface area contributed by atoms with Gasteiger partial charge in [0.2, 0.25) is 5.91 Å². The fourth-order valence-electron chi connectivity index (χ4n) is 6.14. The van der Waals surface area contributed by atoms with Crippen LogP contribution in [0.15, 0.2) is 29.6 Å². The Labute approximate surface area is 261 Å². The molecular weight excluding hydrogens is 560 g/mol. The number of aldehydes is 1. The molecule has 1 atom stereocenters. The maximum absolute atomic E-state index is 12.9. The third-order valence-electron chi connectivity index (χ3n) is 8.80. The average molecular weight is 611 g/mol. The number of nitrogens with zero attached hydrogens (tertiary/aromatic N) is 2. The molecule has 0 spiro atoms. The van der Waals surface area contributed by atoms with E-state index in [4.69, 9.17) is 4.74 Å². The van der Waals surface area contributed by atoms with Gasteiger partial charge in [-0.1, -0.05) is 50.7 Å². The summed E-state index contributed by atoms with van der Waals surface area (Å²) in [5.41, 5.74) is 2.83. The molecule has 4 rings (SSSR count). The summed E-state index contributed by atoms with van der Waals surface area (Å²) in [6.45, 7) is 3.95. The first-order valence-corrected chi connectivity index (χ1v) is 17.1. The minimum Gasteiger partial charge on any atom is -0.488 e. The van der Waals surface area contributed by atoms with Crippen LogP contribution in [0.1, 0.15) is 103 Å². The molecule has 0 saturated heterocycles. The lowest BCUT2D eigenvalue weighted by molar-refractivity contribution is -0.121. The third-order valence-corrected chi connectivity index (χ3v) is 9.81. The molecule has 2 aliphatic rings. The van der Waals surface area contributed by atoms with Crippen LogP contribution in [-0.4, -0.2) is 67.2 Å². The van der Waals surface area contributed by atoms with Crippen molar-refractivity contribution < 1.29 is 19.1 Å². The summed E-state index contributed by atoms with van der Waals surface area (Å²) in [7, 11) is 3.75. The number of nitrogens with one attached hydrogen (secondary N) is 2.